The zero-order valence-electron chi connectivity index (χ0n) is 19.0. The molecule has 33 heavy (non-hydrogen) atoms. The summed E-state index contributed by atoms with van der Waals surface area (Å²) in [5.74, 6) is 0.309. The number of nitrogens with one attached hydrogen (secondary N) is 1. The van der Waals surface area contributed by atoms with Gasteiger partial charge in [0.2, 0.25) is 0 Å². The summed E-state index contributed by atoms with van der Waals surface area (Å²) in [5.41, 5.74) is 12.6. The summed E-state index contributed by atoms with van der Waals surface area (Å²) >= 11 is 0. The third-order valence-electron chi connectivity index (χ3n) is 5.71. The molecule has 0 aliphatic heterocycles. The van der Waals surface area contributed by atoms with Crippen molar-refractivity contribution in [1.82, 2.24) is 20.3 Å². The zero-order chi connectivity index (χ0) is 23.5. The molecule has 1 aromatic carbocycles. The molecule has 0 aliphatic rings. The molecule has 0 radical (unpaired) electrons. The predicted molar refractivity (Wildman–Crippen MR) is 129 cm³/mol. The van der Waals surface area contributed by atoms with Crippen LogP contribution < -0.4 is 11.1 Å². The Hall–Kier alpha value is -3.84. The Labute approximate surface area is 192 Å². The number of rotatable bonds is 6. The smallest absolute Gasteiger partial charge is 0.251 e. The molecule has 1 atom stereocenters. The number of aryl methyl sites for hydroxylation is 2. The second kappa shape index (κ2) is 9.34. The first-order valence-electron chi connectivity index (χ1n) is 10.8. The van der Waals surface area contributed by atoms with E-state index < -0.39 is 6.10 Å². The molecule has 7 nitrogen and oxygen atoms in total. The summed E-state index contributed by atoms with van der Waals surface area (Å²) in [6.07, 6.45) is 3.36. The van der Waals surface area contributed by atoms with Crippen LogP contribution in [0.25, 0.3) is 10.9 Å². The van der Waals surface area contributed by atoms with Crippen molar-refractivity contribution in [1.29, 1.82) is 0 Å². The van der Waals surface area contributed by atoms with Crippen molar-refractivity contribution in [3.63, 3.8) is 0 Å². The Bertz CT molecular complexity index is 1310. The van der Waals surface area contributed by atoms with Crippen LogP contribution in [0.2, 0.25) is 0 Å². The van der Waals surface area contributed by atoms with E-state index in [2.05, 4.69) is 20.3 Å². The van der Waals surface area contributed by atoms with Gasteiger partial charge in [-0.25, -0.2) is 4.98 Å². The summed E-state index contributed by atoms with van der Waals surface area (Å²) in [7, 11) is 0. The number of amides is 1. The molecule has 4 N–H and O–H groups in total. The largest absolute Gasteiger partial charge is 0.389 e. The number of aliphatic hydroxyl groups excluding tert-OH is 1. The average Bonchev–Trinajstić information content (AvgIpc) is 2.78. The molecule has 1 amide bonds. The van der Waals surface area contributed by atoms with E-state index in [0.717, 1.165) is 44.5 Å². The van der Waals surface area contributed by atoms with Crippen LogP contribution in [0.4, 0.5) is 5.82 Å². The minimum Gasteiger partial charge on any atom is -0.389 e. The van der Waals surface area contributed by atoms with Gasteiger partial charge in [0, 0.05) is 47.7 Å². The van der Waals surface area contributed by atoms with Crippen LogP contribution in [0.5, 0.6) is 0 Å². The van der Waals surface area contributed by atoms with Gasteiger partial charge in [0.05, 0.1) is 11.6 Å². The van der Waals surface area contributed by atoms with Gasteiger partial charge >= 0.3 is 0 Å². The zero-order valence-corrected chi connectivity index (χ0v) is 19.0. The maximum atomic E-state index is 12.8. The fraction of sp³-hybridized carbons (Fsp3) is 0.231. The predicted octanol–water partition coefficient (Wildman–Crippen LogP) is 3.80. The highest BCUT2D eigenvalue weighted by Gasteiger charge is 2.11. The second-order valence-electron chi connectivity index (χ2n) is 8.29. The lowest BCUT2D eigenvalue weighted by molar-refractivity contribution is 0.0950. The van der Waals surface area contributed by atoms with Crippen LogP contribution in [0.15, 0.2) is 54.9 Å². The number of nitrogen functional groups attached to an aromatic ring is 1. The topological polar surface area (TPSA) is 114 Å². The average molecular weight is 442 g/mol. The van der Waals surface area contributed by atoms with Gasteiger partial charge in [-0.05, 0) is 79.4 Å². The van der Waals surface area contributed by atoms with Crippen LogP contribution in [0.3, 0.4) is 0 Å². The number of benzene rings is 1. The Morgan fingerprint density at radius 2 is 1.94 bits per heavy atom. The number of anilines is 1. The Kier molecular flexibility index (Phi) is 6.33. The molecule has 0 spiro atoms. The molecular weight excluding hydrogens is 414 g/mol. The van der Waals surface area contributed by atoms with E-state index in [-0.39, 0.29) is 5.91 Å². The number of hydrogen-bond donors (Lipinski definition) is 3. The van der Waals surface area contributed by atoms with Gasteiger partial charge < -0.3 is 16.2 Å². The molecule has 1 unspecified atom stereocenters. The highest BCUT2D eigenvalue weighted by Crippen LogP contribution is 2.21. The molecule has 7 heteroatoms. The monoisotopic (exact) mass is 441 g/mol. The van der Waals surface area contributed by atoms with Crippen molar-refractivity contribution < 1.29 is 9.90 Å². The van der Waals surface area contributed by atoms with Gasteiger partial charge in [0.15, 0.2) is 0 Å². The van der Waals surface area contributed by atoms with Crippen LogP contribution in [-0.2, 0) is 13.0 Å². The Morgan fingerprint density at radius 1 is 1.12 bits per heavy atom. The van der Waals surface area contributed by atoms with E-state index in [1.165, 1.54) is 0 Å². The van der Waals surface area contributed by atoms with Gasteiger partial charge in [0.25, 0.3) is 5.91 Å². The van der Waals surface area contributed by atoms with E-state index in [9.17, 15) is 9.90 Å². The first-order valence-corrected chi connectivity index (χ1v) is 10.8. The SMILES string of the molecule is Cc1cc(N)nc(C)c1CNC(=O)c1ccnc(Cc2ccc3ncc(C(C)O)cc3c2)c1. The molecule has 0 saturated heterocycles. The Morgan fingerprint density at radius 3 is 2.70 bits per heavy atom. The summed E-state index contributed by atoms with van der Waals surface area (Å²) in [6, 6.07) is 13.3. The molecule has 3 heterocycles. The second-order valence-corrected chi connectivity index (χ2v) is 8.29. The lowest BCUT2D eigenvalue weighted by atomic mass is 10.0. The van der Waals surface area contributed by atoms with Gasteiger partial charge in [-0.15, -0.1) is 0 Å². The van der Waals surface area contributed by atoms with Crippen molar-refractivity contribution in [2.24, 2.45) is 0 Å². The minimum atomic E-state index is -0.570. The third kappa shape index (κ3) is 5.15. The third-order valence-corrected chi connectivity index (χ3v) is 5.71. The van der Waals surface area contributed by atoms with Crippen LogP contribution >= 0.6 is 0 Å². The Balaban J connectivity index is 1.49. The highest BCUT2D eigenvalue weighted by molar-refractivity contribution is 5.94. The van der Waals surface area contributed by atoms with Crippen molar-refractivity contribution in [3.05, 3.63) is 94.1 Å². The number of carbonyl (C=O) groups excluding carboxylic acids is 1. The van der Waals surface area contributed by atoms with E-state index in [4.69, 9.17) is 5.73 Å². The van der Waals surface area contributed by atoms with E-state index in [1.807, 2.05) is 50.2 Å². The lowest BCUT2D eigenvalue weighted by Gasteiger charge is -2.12. The van der Waals surface area contributed by atoms with Crippen molar-refractivity contribution in [2.45, 2.75) is 39.8 Å². The van der Waals surface area contributed by atoms with Crippen molar-refractivity contribution in [3.8, 4) is 0 Å². The minimum absolute atomic E-state index is 0.168. The van der Waals surface area contributed by atoms with Crippen LogP contribution in [0.1, 0.15) is 57.0 Å². The molecule has 0 aliphatic carbocycles. The van der Waals surface area contributed by atoms with Gasteiger partial charge in [-0.3, -0.25) is 14.8 Å². The van der Waals surface area contributed by atoms with E-state index >= 15 is 0 Å². The van der Waals surface area contributed by atoms with Crippen molar-refractivity contribution >= 4 is 22.6 Å². The summed E-state index contributed by atoms with van der Waals surface area (Å²) in [6.45, 7) is 5.95. The quantitative estimate of drug-likeness (QED) is 0.419. The number of pyridine rings is 3. The summed E-state index contributed by atoms with van der Waals surface area (Å²) in [5, 5.41) is 13.8. The molecule has 4 rings (SSSR count). The molecule has 168 valence electrons. The van der Waals surface area contributed by atoms with Crippen LogP contribution in [0, 0.1) is 13.8 Å². The molecular formula is C26H27N5O2. The normalized spacial score (nSPS) is 12.0. The van der Waals surface area contributed by atoms with E-state index in [1.54, 1.807) is 25.4 Å². The fourth-order valence-electron chi connectivity index (χ4n) is 3.89. The van der Waals surface area contributed by atoms with Gasteiger partial charge in [-0.1, -0.05) is 6.07 Å². The van der Waals surface area contributed by atoms with Crippen molar-refractivity contribution in [2.75, 3.05) is 5.73 Å². The fourth-order valence-corrected chi connectivity index (χ4v) is 3.89. The molecule has 4 aromatic rings. The maximum absolute atomic E-state index is 12.8. The molecule has 0 bridgehead atoms. The lowest BCUT2D eigenvalue weighted by Crippen LogP contribution is -2.24. The number of nitrogens with two attached hydrogens (primary N) is 1. The molecule has 0 fully saturated rings. The highest BCUT2D eigenvalue weighted by atomic mass is 16.3. The molecule has 3 aromatic heterocycles. The first-order chi connectivity index (χ1) is 15.8. The summed E-state index contributed by atoms with van der Waals surface area (Å²) in [4.78, 5) is 25.9. The number of aliphatic hydroxyl groups is 1. The summed E-state index contributed by atoms with van der Waals surface area (Å²) < 4.78 is 0. The van der Waals surface area contributed by atoms with Gasteiger partial charge in [-0.2, -0.15) is 0 Å². The standard InChI is InChI=1S/C26H27N5O2/c1-15-8-25(27)31-16(2)23(15)14-30-26(33)19-6-7-28-22(12-19)10-18-4-5-24-20(9-18)11-21(13-29-24)17(3)32/h4-9,11-13,17,32H,10,14H2,1-3H3,(H2,27,31)(H,30,33). The maximum Gasteiger partial charge on any atom is 0.251 e. The number of nitrogens with zero attached hydrogens (tertiary/aromatic N) is 3. The van der Waals surface area contributed by atoms with Gasteiger partial charge in [0.1, 0.15) is 5.82 Å². The van der Waals surface area contributed by atoms with E-state index in [0.29, 0.717) is 24.3 Å². The number of fused-ring (bicyclic) bond motifs is 1. The number of hydrogen-bond acceptors (Lipinski definition) is 6. The molecule has 0 saturated carbocycles. The number of carbonyl (C=O) groups is 1. The number of aromatic nitrogens is 3. The first kappa shape index (κ1) is 22.4. The van der Waals surface area contributed by atoms with Crippen LogP contribution in [-0.4, -0.2) is 26.0 Å².